The van der Waals surface area contributed by atoms with Crippen LogP contribution in [0.15, 0.2) is 34.9 Å². The number of imidazole rings is 1. The van der Waals surface area contributed by atoms with Gasteiger partial charge in [0.15, 0.2) is 5.89 Å². The number of para-hydroxylation sites is 2. The number of benzene rings is 1. The number of hydrogen-bond acceptors (Lipinski definition) is 6. The number of aryl methyl sites for hydroxylation is 1. The van der Waals surface area contributed by atoms with E-state index >= 15 is 0 Å². The van der Waals surface area contributed by atoms with Gasteiger partial charge in [0.1, 0.15) is 6.26 Å². The molecular weight excluding hydrogens is 328 g/mol. The number of hydrogen-bond donors (Lipinski definition) is 2. The van der Waals surface area contributed by atoms with Crippen LogP contribution in [0.4, 0.5) is 5.95 Å². The summed E-state index contributed by atoms with van der Waals surface area (Å²) in [4.78, 5) is 11.7. The minimum absolute atomic E-state index is 0.429. The summed E-state index contributed by atoms with van der Waals surface area (Å²) in [5, 5.41) is 3.66. The molecule has 7 nitrogen and oxygen atoms in total. The predicted octanol–water partition coefficient (Wildman–Crippen LogP) is 2.22. The molecule has 4 rings (SSSR count). The van der Waals surface area contributed by atoms with Gasteiger partial charge in [-0.3, -0.25) is 0 Å². The van der Waals surface area contributed by atoms with Crippen LogP contribution in [0, 0.1) is 6.92 Å². The van der Waals surface area contributed by atoms with Crippen LogP contribution in [0.3, 0.4) is 0 Å². The zero-order valence-electron chi connectivity index (χ0n) is 15.2. The van der Waals surface area contributed by atoms with Gasteiger partial charge in [0, 0.05) is 39.1 Å². The highest BCUT2D eigenvalue weighted by Crippen LogP contribution is 2.23. The van der Waals surface area contributed by atoms with Crippen molar-refractivity contribution in [1.82, 2.24) is 19.4 Å². The predicted molar refractivity (Wildman–Crippen MR) is 102 cm³/mol. The van der Waals surface area contributed by atoms with Crippen LogP contribution < -0.4 is 11.1 Å². The molecule has 1 saturated heterocycles. The number of nitrogens with zero attached hydrogens (tertiary/aromatic N) is 4. The zero-order chi connectivity index (χ0) is 17.9. The number of anilines is 1. The van der Waals surface area contributed by atoms with Gasteiger partial charge >= 0.3 is 0 Å². The molecule has 3 heterocycles. The quantitative estimate of drug-likeness (QED) is 0.706. The standard InChI is InChI=1S/C19H26N6O/c1-14-21-16(13-26-14)12-25-18-5-3-2-4-17(18)23-19(25)22-15-6-9-24(10-7-15)11-8-20/h2-5,13,15H,6-12,20H2,1H3,(H,22,23). The van der Waals surface area contributed by atoms with Crippen LogP contribution in [0.5, 0.6) is 0 Å². The van der Waals surface area contributed by atoms with E-state index in [9.17, 15) is 0 Å². The Morgan fingerprint density at radius 2 is 2.04 bits per heavy atom. The van der Waals surface area contributed by atoms with Gasteiger partial charge in [-0.1, -0.05) is 12.1 Å². The number of fused-ring (bicyclic) bond motifs is 1. The Labute approximate surface area is 153 Å². The number of oxazole rings is 1. The van der Waals surface area contributed by atoms with Crippen molar-refractivity contribution in [1.29, 1.82) is 0 Å². The first-order valence-corrected chi connectivity index (χ1v) is 9.28. The number of rotatable bonds is 6. The molecule has 0 aliphatic carbocycles. The lowest BCUT2D eigenvalue weighted by Crippen LogP contribution is -2.41. The third-order valence-electron chi connectivity index (χ3n) is 5.01. The molecule has 3 aromatic rings. The monoisotopic (exact) mass is 354 g/mol. The first kappa shape index (κ1) is 17.1. The van der Waals surface area contributed by atoms with Crippen molar-refractivity contribution >= 4 is 17.0 Å². The van der Waals surface area contributed by atoms with E-state index in [4.69, 9.17) is 15.1 Å². The average molecular weight is 354 g/mol. The van der Waals surface area contributed by atoms with E-state index in [2.05, 4.69) is 31.9 Å². The summed E-state index contributed by atoms with van der Waals surface area (Å²) in [6.07, 6.45) is 3.93. The molecule has 138 valence electrons. The topological polar surface area (TPSA) is 85.1 Å². The lowest BCUT2D eigenvalue weighted by atomic mass is 10.1. The van der Waals surface area contributed by atoms with E-state index in [1.165, 1.54) is 0 Å². The number of nitrogens with one attached hydrogen (secondary N) is 1. The Bertz CT molecular complexity index is 862. The molecule has 26 heavy (non-hydrogen) atoms. The van der Waals surface area contributed by atoms with Crippen molar-refractivity contribution in [3.63, 3.8) is 0 Å². The molecule has 0 unspecified atom stereocenters. The third-order valence-corrected chi connectivity index (χ3v) is 5.01. The van der Waals surface area contributed by atoms with Gasteiger partial charge in [-0.25, -0.2) is 9.97 Å². The van der Waals surface area contributed by atoms with E-state index < -0.39 is 0 Å². The van der Waals surface area contributed by atoms with Crippen molar-refractivity contribution in [3.05, 3.63) is 42.1 Å². The molecule has 1 aliphatic heterocycles. The first-order valence-electron chi connectivity index (χ1n) is 9.28. The van der Waals surface area contributed by atoms with E-state index in [0.717, 1.165) is 61.7 Å². The maximum Gasteiger partial charge on any atom is 0.204 e. The lowest BCUT2D eigenvalue weighted by molar-refractivity contribution is 0.224. The maximum absolute atomic E-state index is 5.67. The molecule has 0 bridgehead atoms. The number of nitrogens with two attached hydrogens (primary N) is 1. The Morgan fingerprint density at radius 1 is 1.23 bits per heavy atom. The van der Waals surface area contributed by atoms with E-state index in [1.807, 2.05) is 19.1 Å². The summed E-state index contributed by atoms with van der Waals surface area (Å²) in [6, 6.07) is 8.65. The highest BCUT2D eigenvalue weighted by Gasteiger charge is 2.21. The minimum Gasteiger partial charge on any atom is -0.449 e. The SMILES string of the molecule is Cc1nc(Cn2c(NC3CCN(CCN)CC3)nc3ccccc32)co1. The minimum atomic E-state index is 0.429. The Hall–Kier alpha value is -2.38. The van der Waals surface area contributed by atoms with Crippen LogP contribution in [0.25, 0.3) is 11.0 Å². The van der Waals surface area contributed by atoms with Gasteiger partial charge in [-0.15, -0.1) is 0 Å². The molecule has 0 saturated carbocycles. The highest BCUT2D eigenvalue weighted by molar-refractivity contribution is 5.78. The summed E-state index contributed by atoms with van der Waals surface area (Å²) in [5.41, 5.74) is 8.68. The van der Waals surface area contributed by atoms with Gasteiger partial charge in [-0.2, -0.15) is 0 Å². The van der Waals surface area contributed by atoms with E-state index in [-0.39, 0.29) is 0 Å². The summed E-state index contributed by atoms with van der Waals surface area (Å²) >= 11 is 0. The molecule has 0 radical (unpaired) electrons. The van der Waals surface area contributed by atoms with Gasteiger partial charge in [0.25, 0.3) is 0 Å². The average Bonchev–Trinajstić information content (AvgIpc) is 3.21. The molecule has 2 aromatic heterocycles. The molecule has 0 spiro atoms. The molecule has 1 aliphatic rings. The van der Waals surface area contributed by atoms with Crippen LogP contribution in [0.2, 0.25) is 0 Å². The van der Waals surface area contributed by atoms with Crippen LogP contribution in [-0.4, -0.2) is 51.7 Å². The fourth-order valence-electron chi connectivity index (χ4n) is 3.65. The summed E-state index contributed by atoms with van der Waals surface area (Å²) in [6.45, 7) is 6.38. The largest absolute Gasteiger partial charge is 0.449 e. The normalized spacial score (nSPS) is 16.4. The second-order valence-corrected chi connectivity index (χ2v) is 6.92. The summed E-state index contributed by atoms with van der Waals surface area (Å²) in [7, 11) is 0. The second kappa shape index (κ2) is 7.47. The van der Waals surface area contributed by atoms with Crippen molar-refractivity contribution in [3.8, 4) is 0 Å². The van der Waals surface area contributed by atoms with Crippen molar-refractivity contribution in [2.75, 3.05) is 31.5 Å². The van der Waals surface area contributed by atoms with Crippen molar-refractivity contribution < 1.29 is 4.42 Å². The van der Waals surface area contributed by atoms with Gasteiger partial charge in [-0.05, 0) is 25.0 Å². The van der Waals surface area contributed by atoms with E-state index in [1.54, 1.807) is 6.26 Å². The molecular formula is C19H26N6O. The van der Waals surface area contributed by atoms with Crippen molar-refractivity contribution in [2.45, 2.75) is 32.4 Å². The van der Waals surface area contributed by atoms with Gasteiger partial charge in [0.2, 0.25) is 5.95 Å². The van der Waals surface area contributed by atoms with Crippen LogP contribution in [-0.2, 0) is 6.54 Å². The fourth-order valence-corrected chi connectivity index (χ4v) is 3.65. The highest BCUT2D eigenvalue weighted by atomic mass is 16.3. The lowest BCUT2D eigenvalue weighted by Gasteiger charge is -2.32. The van der Waals surface area contributed by atoms with Crippen LogP contribution >= 0.6 is 0 Å². The zero-order valence-corrected chi connectivity index (χ0v) is 15.2. The van der Waals surface area contributed by atoms with Gasteiger partial charge < -0.3 is 24.9 Å². The maximum atomic E-state index is 5.67. The van der Waals surface area contributed by atoms with Crippen LogP contribution in [0.1, 0.15) is 24.4 Å². The fraction of sp³-hybridized carbons (Fsp3) is 0.474. The molecule has 7 heteroatoms. The number of likely N-dealkylation sites (tertiary alicyclic amines) is 1. The Morgan fingerprint density at radius 3 is 2.77 bits per heavy atom. The number of aromatic nitrogens is 3. The molecule has 1 fully saturated rings. The Balaban J connectivity index is 1.55. The number of piperidine rings is 1. The molecule has 1 aromatic carbocycles. The van der Waals surface area contributed by atoms with E-state index in [0.29, 0.717) is 18.5 Å². The molecule has 3 N–H and O–H groups in total. The van der Waals surface area contributed by atoms with Crippen molar-refractivity contribution in [2.24, 2.45) is 5.73 Å². The molecule has 0 atom stereocenters. The third kappa shape index (κ3) is 3.59. The first-order chi connectivity index (χ1) is 12.7. The summed E-state index contributed by atoms with van der Waals surface area (Å²) in [5.74, 6) is 1.59. The second-order valence-electron chi connectivity index (χ2n) is 6.92. The molecule has 0 amide bonds. The Kier molecular flexibility index (Phi) is 4.90. The summed E-state index contributed by atoms with van der Waals surface area (Å²) < 4.78 is 7.56. The van der Waals surface area contributed by atoms with Gasteiger partial charge in [0.05, 0.1) is 23.3 Å². The smallest absolute Gasteiger partial charge is 0.204 e.